The minimum atomic E-state index is -2.06. The van der Waals surface area contributed by atoms with Gasteiger partial charge in [-0.1, -0.05) is 74.5 Å². The van der Waals surface area contributed by atoms with E-state index in [2.05, 4.69) is 5.92 Å². The molecule has 0 amide bonds. The summed E-state index contributed by atoms with van der Waals surface area (Å²) in [6, 6.07) is 18.2. The Morgan fingerprint density at radius 3 is 1.78 bits per heavy atom. The second kappa shape index (κ2) is 12.9. The maximum absolute atomic E-state index is 13.7. The summed E-state index contributed by atoms with van der Waals surface area (Å²) in [5, 5.41) is 0. The maximum atomic E-state index is 13.7. The highest BCUT2D eigenvalue weighted by atomic mass is 16.6. The number of rotatable bonds is 11. The molecule has 0 aliphatic carbocycles. The van der Waals surface area contributed by atoms with E-state index in [-0.39, 0.29) is 32.0 Å². The number of carbonyl (C=O) groups is 3. The molecule has 0 aliphatic rings. The molecule has 2 atom stereocenters. The maximum Gasteiger partial charge on any atom is 0.325 e. The Kier molecular flexibility index (Phi) is 10.3. The quantitative estimate of drug-likeness (QED) is 0.179. The van der Waals surface area contributed by atoms with Crippen molar-refractivity contribution < 1.29 is 28.6 Å². The van der Waals surface area contributed by atoms with Crippen LogP contribution in [0.5, 0.6) is 0 Å². The SMILES string of the molecule is C#CCC(C(=O)OCc1ccccc1)(C(=O)OC(C)(C)C)[C@@H](CC(C)C)C(=O)OCc1ccccc1. The van der Waals surface area contributed by atoms with Gasteiger partial charge in [-0.15, -0.1) is 12.3 Å². The van der Waals surface area contributed by atoms with Gasteiger partial charge in [0.2, 0.25) is 0 Å². The third kappa shape index (κ3) is 7.98. The molecule has 0 aliphatic heterocycles. The molecule has 0 radical (unpaired) electrons. The van der Waals surface area contributed by atoms with Crippen molar-refractivity contribution in [2.24, 2.45) is 17.3 Å². The lowest BCUT2D eigenvalue weighted by Gasteiger charge is -2.36. The monoisotopic (exact) mass is 492 g/mol. The summed E-state index contributed by atoms with van der Waals surface area (Å²) in [6.45, 7) is 8.76. The van der Waals surface area contributed by atoms with Gasteiger partial charge >= 0.3 is 17.9 Å². The first-order valence-electron chi connectivity index (χ1n) is 12.1. The van der Waals surface area contributed by atoms with E-state index in [1.807, 2.05) is 62.4 Å². The zero-order valence-corrected chi connectivity index (χ0v) is 21.8. The van der Waals surface area contributed by atoms with Crippen molar-refractivity contribution in [1.82, 2.24) is 0 Å². The smallest absolute Gasteiger partial charge is 0.325 e. The first-order chi connectivity index (χ1) is 17.0. The van der Waals surface area contributed by atoms with Gasteiger partial charge < -0.3 is 14.2 Å². The number of hydrogen-bond acceptors (Lipinski definition) is 6. The molecule has 36 heavy (non-hydrogen) atoms. The van der Waals surface area contributed by atoms with Crippen molar-refractivity contribution in [3.63, 3.8) is 0 Å². The molecule has 192 valence electrons. The number of carbonyl (C=O) groups excluding carboxylic acids is 3. The van der Waals surface area contributed by atoms with Crippen LogP contribution in [0.25, 0.3) is 0 Å². The Morgan fingerprint density at radius 2 is 1.33 bits per heavy atom. The number of terminal acetylenes is 1. The first-order valence-corrected chi connectivity index (χ1v) is 12.1. The standard InChI is InChI=1S/C30H36O6/c1-7-18-30(28(33)36-29(4,5)6,27(32)35-21-24-16-12-9-13-17-24)25(19-22(2)3)26(31)34-20-23-14-10-8-11-15-23/h1,8-17,22,25H,18-21H2,2-6H3/t25-,30?/m0/s1. The van der Waals surface area contributed by atoms with Gasteiger partial charge in [0.05, 0.1) is 5.92 Å². The number of benzene rings is 2. The fraction of sp³-hybridized carbons (Fsp3) is 0.433. The third-order valence-corrected chi connectivity index (χ3v) is 5.53. The van der Waals surface area contributed by atoms with Gasteiger partial charge in [0, 0.05) is 6.42 Å². The summed E-state index contributed by atoms with van der Waals surface area (Å²) >= 11 is 0. The average Bonchev–Trinajstić information content (AvgIpc) is 2.83. The minimum Gasteiger partial charge on any atom is -0.461 e. The first kappa shape index (κ1) is 28.6. The van der Waals surface area contributed by atoms with Gasteiger partial charge in [0.15, 0.2) is 5.41 Å². The average molecular weight is 493 g/mol. The van der Waals surface area contributed by atoms with Crippen LogP contribution >= 0.6 is 0 Å². The highest BCUT2D eigenvalue weighted by Crippen LogP contribution is 2.41. The van der Waals surface area contributed by atoms with Crippen LogP contribution in [0.3, 0.4) is 0 Å². The van der Waals surface area contributed by atoms with Crippen molar-refractivity contribution >= 4 is 17.9 Å². The number of hydrogen-bond donors (Lipinski definition) is 0. The molecule has 0 N–H and O–H groups in total. The lowest BCUT2D eigenvalue weighted by Crippen LogP contribution is -2.52. The molecule has 6 heteroatoms. The summed E-state index contributed by atoms with van der Waals surface area (Å²) in [5.74, 6) is -1.33. The van der Waals surface area contributed by atoms with Crippen LogP contribution < -0.4 is 0 Å². The summed E-state index contributed by atoms with van der Waals surface area (Å²) in [4.78, 5) is 40.9. The van der Waals surface area contributed by atoms with E-state index in [1.165, 1.54) is 0 Å². The molecule has 0 spiro atoms. The lowest BCUT2D eigenvalue weighted by molar-refractivity contribution is -0.191. The van der Waals surface area contributed by atoms with E-state index in [9.17, 15) is 14.4 Å². The second-order valence-corrected chi connectivity index (χ2v) is 10.2. The molecule has 2 aromatic rings. The minimum absolute atomic E-state index is 0.00617. The van der Waals surface area contributed by atoms with Gasteiger partial charge in [0.1, 0.15) is 18.8 Å². The summed E-state index contributed by atoms with van der Waals surface area (Å²) in [6.07, 6.45) is 5.49. The molecule has 0 bridgehead atoms. The largest absolute Gasteiger partial charge is 0.461 e. The fourth-order valence-corrected chi connectivity index (χ4v) is 3.82. The summed E-state index contributed by atoms with van der Waals surface area (Å²) in [7, 11) is 0. The molecule has 0 heterocycles. The summed E-state index contributed by atoms with van der Waals surface area (Å²) in [5.41, 5.74) is -1.47. The molecule has 0 saturated carbocycles. The Balaban J connectivity index is 2.49. The number of ether oxygens (including phenoxy) is 3. The van der Waals surface area contributed by atoms with E-state index in [0.29, 0.717) is 0 Å². The van der Waals surface area contributed by atoms with E-state index >= 15 is 0 Å². The predicted molar refractivity (Wildman–Crippen MR) is 137 cm³/mol. The zero-order chi connectivity index (χ0) is 26.8. The van der Waals surface area contributed by atoms with Gasteiger partial charge in [0.25, 0.3) is 0 Å². The van der Waals surface area contributed by atoms with Crippen molar-refractivity contribution in [3.05, 3.63) is 71.8 Å². The van der Waals surface area contributed by atoms with Crippen LogP contribution in [0.1, 0.15) is 58.6 Å². The topological polar surface area (TPSA) is 78.9 Å². The molecule has 0 aromatic heterocycles. The molecule has 0 fully saturated rings. The molecule has 2 rings (SSSR count). The lowest BCUT2D eigenvalue weighted by atomic mass is 9.69. The third-order valence-electron chi connectivity index (χ3n) is 5.53. The predicted octanol–water partition coefficient (Wildman–Crippen LogP) is 5.49. The normalized spacial score (nSPS) is 13.7. The Bertz CT molecular complexity index is 1050. The van der Waals surface area contributed by atoms with Gasteiger partial charge in [-0.05, 0) is 44.2 Å². The molecular formula is C30H36O6. The molecule has 0 saturated heterocycles. The Morgan fingerprint density at radius 1 is 0.833 bits per heavy atom. The van der Waals surface area contributed by atoms with Crippen molar-refractivity contribution in [2.45, 2.75) is 66.3 Å². The summed E-state index contributed by atoms with van der Waals surface area (Å²) < 4.78 is 16.9. The highest BCUT2D eigenvalue weighted by molar-refractivity contribution is 6.04. The van der Waals surface area contributed by atoms with E-state index in [4.69, 9.17) is 20.6 Å². The molecular weight excluding hydrogens is 456 g/mol. The Hall–Kier alpha value is -3.59. The van der Waals surface area contributed by atoms with Crippen LogP contribution in [0.4, 0.5) is 0 Å². The van der Waals surface area contributed by atoms with Crippen molar-refractivity contribution in [2.75, 3.05) is 0 Å². The van der Waals surface area contributed by atoms with E-state index < -0.39 is 34.8 Å². The van der Waals surface area contributed by atoms with Gasteiger partial charge in [-0.3, -0.25) is 14.4 Å². The van der Waals surface area contributed by atoms with Crippen LogP contribution in [-0.4, -0.2) is 23.5 Å². The molecule has 2 aromatic carbocycles. The van der Waals surface area contributed by atoms with E-state index in [1.54, 1.807) is 32.9 Å². The van der Waals surface area contributed by atoms with Crippen LogP contribution in [0.15, 0.2) is 60.7 Å². The van der Waals surface area contributed by atoms with Crippen molar-refractivity contribution in [3.8, 4) is 12.3 Å². The van der Waals surface area contributed by atoms with Crippen LogP contribution in [0, 0.1) is 29.6 Å². The fourth-order valence-electron chi connectivity index (χ4n) is 3.82. The van der Waals surface area contributed by atoms with Gasteiger partial charge in [-0.2, -0.15) is 0 Å². The molecule has 6 nitrogen and oxygen atoms in total. The van der Waals surface area contributed by atoms with Crippen molar-refractivity contribution in [1.29, 1.82) is 0 Å². The Labute approximate surface area is 214 Å². The highest BCUT2D eigenvalue weighted by Gasteiger charge is 2.58. The van der Waals surface area contributed by atoms with Crippen LogP contribution in [-0.2, 0) is 41.8 Å². The van der Waals surface area contributed by atoms with E-state index in [0.717, 1.165) is 11.1 Å². The van der Waals surface area contributed by atoms with Crippen LogP contribution in [0.2, 0.25) is 0 Å². The molecule has 1 unspecified atom stereocenters. The zero-order valence-electron chi connectivity index (χ0n) is 21.8. The second-order valence-electron chi connectivity index (χ2n) is 10.2. The van der Waals surface area contributed by atoms with Gasteiger partial charge in [-0.25, -0.2) is 0 Å². The number of esters is 3.